The van der Waals surface area contributed by atoms with E-state index in [0.717, 1.165) is 29.9 Å². The molecule has 0 radical (unpaired) electrons. The van der Waals surface area contributed by atoms with Crippen LogP contribution < -0.4 is 14.5 Å². The van der Waals surface area contributed by atoms with Crippen LogP contribution in [-0.2, 0) is 27.8 Å². The van der Waals surface area contributed by atoms with Gasteiger partial charge in [-0.1, -0.05) is 12.1 Å². The largest absolute Gasteiger partial charge is 0.372 e. The van der Waals surface area contributed by atoms with Gasteiger partial charge in [0, 0.05) is 38.1 Å². The maximum atomic E-state index is 12.7. The molecule has 2 aliphatic heterocycles. The van der Waals surface area contributed by atoms with Crippen molar-refractivity contribution in [2.45, 2.75) is 37.1 Å². The predicted molar refractivity (Wildman–Crippen MR) is 110 cm³/mol. The fraction of sp³-hybridized carbons (Fsp3) is 0.381. The second-order valence-electron chi connectivity index (χ2n) is 7.46. The molecule has 7 heteroatoms. The molecule has 1 fully saturated rings. The number of sulfonamides is 1. The maximum absolute atomic E-state index is 12.7. The van der Waals surface area contributed by atoms with Gasteiger partial charge in [-0.3, -0.25) is 4.79 Å². The summed E-state index contributed by atoms with van der Waals surface area (Å²) in [4.78, 5) is 15.9. The summed E-state index contributed by atoms with van der Waals surface area (Å²) in [5.74, 6) is -0.0219. The third kappa shape index (κ3) is 3.77. The van der Waals surface area contributed by atoms with Gasteiger partial charge >= 0.3 is 0 Å². The molecule has 2 aliphatic rings. The zero-order valence-electron chi connectivity index (χ0n) is 16.0. The summed E-state index contributed by atoms with van der Waals surface area (Å²) in [7, 11) is -1.93. The molecule has 0 saturated carbocycles. The first-order chi connectivity index (χ1) is 13.4. The second kappa shape index (κ2) is 7.56. The van der Waals surface area contributed by atoms with E-state index in [9.17, 15) is 13.2 Å². The summed E-state index contributed by atoms with van der Waals surface area (Å²) in [5.41, 5.74) is 3.64. The molecule has 2 aromatic carbocycles. The molecule has 0 atom stereocenters. The van der Waals surface area contributed by atoms with Gasteiger partial charge in [-0.05, 0) is 60.7 Å². The van der Waals surface area contributed by atoms with Crippen LogP contribution in [0.3, 0.4) is 0 Å². The van der Waals surface area contributed by atoms with E-state index in [2.05, 4.69) is 21.8 Å². The highest BCUT2D eigenvalue weighted by Crippen LogP contribution is 2.29. The first-order valence-corrected chi connectivity index (χ1v) is 11.2. The van der Waals surface area contributed by atoms with Crippen molar-refractivity contribution in [3.63, 3.8) is 0 Å². The third-order valence-corrected chi connectivity index (χ3v) is 6.96. The van der Waals surface area contributed by atoms with Crippen LogP contribution in [0.25, 0.3) is 0 Å². The van der Waals surface area contributed by atoms with E-state index in [0.29, 0.717) is 0 Å². The lowest BCUT2D eigenvalue weighted by Crippen LogP contribution is -2.29. The zero-order chi connectivity index (χ0) is 19.7. The number of hydrogen-bond donors (Lipinski definition) is 1. The molecular formula is C21H25N3O3S. The smallest absolute Gasteiger partial charge is 0.240 e. The molecule has 2 aromatic rings. The van der Waals surface area contributed by atoms with E-state index in [1.807, 2.05) is 12.1 Å². The fourth-order valence-electron chi connectivity index (χ4n) is 3.85. The van der Waals surface area contributed by atoms with E-state index in [1.165, 1.54) is 24.9 Å². The van der Waals surface area contributed by atoms with Crippen LogP contribution in [-0.4, -0.2) is 34.5 Å². The molecular weight excluding hydrogens is 374 g/mol. The Morgan fingerprint density at radius 2 is 1.71 bits per heavy atom. The normalized spacial score (nSPS) is 17.1. The Morgan fingerprint density at radius 1 is 1.00 bits per heavy atom. The summed E-state index contributed by atoms with van der Waals surface area (Å²) < 4.78 is 28.0. The number of hydrogen-bond acceptors (Lipinski definition) is 4. The lowest BCUT2D eigenvalue weighted by molar-refractivity contribution is -0.117. The van der Waals surface area contributed by atoms with Gasteiger partial charge in [0.05, 0.1) is 11.3 Å². The second-order valence-corrected chi connectivity index (χ2v) is 9.23. The van der Waals surface area contributed by atoms with E-state index in [4.69, 9.17) is 0 Å². The lowest BCUT2D eigenvalue weighted by atomic mass is 10.1. The van der Waals surface area contributed by atoms with Crippen LogP contribution in [0.1, 0.15) is 30.4 Å². The fourth-order valence-corrected chi connectivity index (χ4v) is 4.92. The number of fused-ring (bicyclic) bond motifs is 1. The molecule has 0 bridgehead atoms. The van der Waals surface area contributed by atoms with Crippen molar-refractivity contribution in [2.75, 3.05) is 29.9 Å². The minimum Gasteiger partial charge on any atom is -0.372 e. The van der Waals surface area contributed by atoms with Gasteiger partial charge in [-0.15, -0.1) is 0 Å². The Labute approximate surface area is 166 Å². The van der Waals surface area contributed by atoms with Crippen molar-refractivity contribution in [3.8, 4) is 0 Å². The van der Waals surface area contributed by atoms with Crippen LogP contribution in [0.4, 0.5) is 11.4 Å². The number of rotatable bonds is 5. The summed E-state index contributed by atoms with van der Waals surface area (Å²) in [6.07, 6.45) is 3.99. The number of amides is 1. The van der Waals surface area contributed by atoms with Crippen LogP contribution in [0.5, 0.6) is 0 Å². The number of anilines is 2. The number of carbonyl (C=O) groups excluding carboxylic acids is 1. The van der Waals surface area contributed by atoms with Crippen LogP contribution in [0.15, 0.2) is 47.4 Å². The summed E-state index contributed by atoms with van der Waals surface area (Å²) in [5, 5.41) is 0. The van der Waals surface area contributed by atoms with Gasteiger partial charge in [0.1, 0.15) is 0 Å². The molecule has 1 saturated heterocycles. The Bertz CT molecular complexity index is 980. The highest BCUT2D eigenvalue weighted by atomic mass is 32.2. The Morgan fingerprint density at radius 3 is 2.43 bits per heavy atom. The van der Waals surface area contributed by atoms with E-state index < -0.39 is 10.0 Å². The molecule has 28 heavy (non-hydrogen) atoms. The minimum absolute atomic E-state index is 0.0219. The average Bonchev–Trinajstić information content (AvgIpc) is 3.01. The first-order valence-electron chi connectivity index (χ1n) is 9.67. The zero-order valence-corrected chi connectivity index (χ0v) is 16.8. The molecule has 1 N–H and O–H groups in total. The van der Waals surface area contributed by atoms with Crippen molar-refractivity contribution in [2.24, 2.45) is 0 Å². The quantitative estimate of drug-likeness (QED) is 0.839. The Kier molecular flexibility index (Phi) is 5.12. The van der Waals surface area contributed by atoms with Gasteiger partial charge in [-0.2, -0.15) is 0 Å². The highest BCUT2D eigenvalue weighted by molar-refractivity contribution is 7.89. The topological polar surface area (TPSA) is 69.7 Å². The number of likely N-dealkylation sites (N-methyl/N-ethyl adjacent to an activating group) is 1. The van der Waals surface area contributed by atoms with Crippen molar-refractivity contribution in [1.29, 1.82) is 0 Å². The molecule has 0 aromatic heterocycles. The molecule has 2 heterocycles. The Hall–Kier alpha value is -2.38. The van der Waals surface area contributed by atoms with Gasteiger partial charge < -0.3 is 9.80 Å². The number of piperidine rings is 1. The number of benzene rings is 2. The molecule has 0 unspecified atom stereocenters. The van der Waals surface area contributed by atoms with Crippen LogP contribution in [0, 0.1) is 0 Å². The van der Waals surface area contributed by atoms with E-state index in [1.54, 1.807) is 30.1 Å². The number of nitrogens with one attached hydrogen (secondary N) is 1. The molecule has 6 nitrogen and oxygen atoms in total. The highest BCUT2D eigenvalue weighted by Gasteiger charge is 2.26. The van der Waals surface area contributed by atoms with E-state index in [-0.39, 0.29) is 23.8 Å². The van der Waals surface area contributed by atoms with Gasteiger partial charge in [0.25, 0.3) is 0 Å². The first kappa shape index (κ1) is 19.0. The predicted octanol–water partition coefficient (Wildman–Crippen LogP) is 2.67. The van der Waals surface area contributed by atoms with Crippen LogP contribution >= 0.6 is 0 Å². The molecule has 1 amide bonds. The van der Waals surface area contributed by atoms with Crippen molar-refractivity contribution < 1.29 is 13.2 Å². The molecule has 0 spiro atoms. The van der Waals surface area contributed by atoms with Crippen LogP contribution in [0.2, 0.25) is 0 Å². The average molecular weight is 400 g/mol. The maximum Gasteiger partial charge on any atom is 0.240 e. The van der Waals surface area contributed by atoms with Crippen molar-refractivity contribution >= 4 is 27.3 Å². The lowest BCUT2D eigenvalue weighted by Gasteiger charge is -2.28. The SMILES string of the molecule is CN1C(=O)Cc2cc(S(=O)(=O)NCc3ccc(N4CCCCC4)cc3)ccc21. The van der Waals surface area contributed by atoms with E-state index >= 15 is 0 Å². The van der Waals surface area contributed by atoms with Crippen molar-refractivity contribution in [1.82, 2.24) is 4.72 Å². The number of carbonyl (C=O) groups is 1. The monoisotopic (exact) mass is 399 g/mol. The standard InChI is InChI=1S/C21H25N3O3S/c1-23-20-10-9-19(13-17(20)14-21(23)25)28(26,27)22-15-16-5-7-18(8-6-16)24-11-3-2-4-12-24/h5-10,13,22H,2-4,11-12,14-15H2,1H3. The number of nitrogens with zero attached hydrogens (tertiary/aromatic N) is 2. The van der Waals surface area contributed by atoms with Crippen molar-refractivity contribution in [3.05, 3.63) is 53.6 Å². The van der Waals surface area contributed by atoms with Gasteiger partial charge in [0.15, 0.2) is 0 Å². The Balaban J connectivity index is 1.43. The van der Waals surface area contributed by atoms with Gasteiger partial charge in [-0.25, -0.2) is 13.1 Å². The minimum atomic E-state index is -3.64. The molecule has 0 aliphatic carbocycles. The molecule has 148 valence electrons. The summed E-state index contributed by atoms with van der Waals surface area (Å²) >= 11 is 0. The van der Waals surface area contributed by atoms with Gasteiger partial charge in [0.2, 0.25) is 15.9 Å². The third-order valence-electron chi connectivity index (χ3n) is 5.56. The summed E-state index contributed by atoms with van der Waals surface area (Å²) in [6, 6.07) is 12.9. The summed E-state index contributed by atoms with van der Waals surface area (Å²) in [6.45, 7) is 2.41. The molecule has 4 rings (SSSR count).